The van der Waals surface area contributed by atoms with Gasteiger partial charge in [0, 0.05) is 25.2 Å². The Balaban J connectivity index is 1.66. The van der Waals surface area contributed by atoms with Crippen molar-refractivity contribution < 1.29 is 4.79 Å². The molecule has 136 valence electrons. The highest BCUT2D eigenvalue weighted by Crippen LogP contribution is 2.34. The number of benzene rings is 2. The normalized spacial score (nSPS) is 15.7. The zero-order chi connectivity index (χ0) is 19.0. The number of amides is 2. The Morgan fingerprint density at radius 1 is 1.33 bits per heavy atom. The van der Waals surface area contributed by atoms with Crippen LogP contribution in [-0.4, -0.2) is 22.5 Å². The van der Waals surface area contributed by atoms with E-state index in [2.05, 4.69) is 16.4 Å². The van der Waals surface area contributed by atoms with Crippen molar-refractivity contribution >= 4 is 33.3 Å². The number of hydrogen-bond acceptors (Lipinski definition) is 4. The summed E-state index contributed by atoms with van der Waals surface area (Å²) in [5, 5.41) is 13.8. The molecule has 4 rings (SSSR count). The first-order valence-corrected chi connectivity index (χ1v) is 9.79. The molecule has 0 radical (unpaired) electrons. The topological polar surface area (TPSA) is 69.0 Å². The zero-order valence-electron chi connectivity index (χ0n) is 15.3. The SMILES string of the molecule is CCN1Cc2ccc(C(C)(C#N)Cc3nc4ccccc4s3)cc2NC1=O. The summed E-state index contributed by atoms with van der Waals surface area (Å²) in [4.78, 5) is 18.6. The molecule has 27 heavy (non-hydrogen) atoms. The number of aromatic nitrogens is 1. The summed E-state index contributed by atoms with van der Waals surface area (Å²) >= 11 is 1.63. The Morgan fingerprint density at radius 2 is 2.15 bits per heavy atom. The molecular weight excluding hydrogens is 356 g/mol. The lowest BCUT2D eigenvalue weighted by atomic mass is 9.80. The highest BCUT2D eigenvalue weighted by Gasteiger charge is 2.30. The zero-order valence-corrected chi connectivity index (χ0v) is 16.1. The molecule has 1 aliphatic rings. The smallest absolute Gasteiger partial charge is 0.320 e. The van der Waals surface area contributed by atoms with Gasteiger partial charge in [-0.2, -0.15) is 5.26 Å². The maximum atomic E-state index is 12.2. The molecule has 3 aromatic rings. The fraction of sp³-hybridized carbons (Fsp3) is 0.286. The van der Waals surface area contributed by atoms with Gasteiger partial charge < -0.3 is 10.2 Å². The molecule has 0 spiro atoms. The number of rotatable bonds is 4. The number of nitriles is 1. The molecule has 1 unspecified atom stereocenters. The lowest BCUT2D eigenvalue weighted by Gasteiger charge is -2.30. The molecule has 0 bridgehead atoms. The standard InChI is InChI=1S/C21H20N4OS/c1-3-25-12-14-8-9-15(10-17(14)24-20(25)26)21(2,13-22)11-19-23-16-6-4-5-7-18(16)27-19/h4-10H,3,11-12H2,1-2H3,(H,24,26). The van der Waals surface area contributed by atoms with Crippen molar-refractivity contribution in [3.05, 3.63) is 58.6 Å². The molecular formula is C21H20N4OS. The Hall–Kier alpha value is -2.91. The van der Waals surface area contributed by atoms with Crippen molar-refractivity contribution in [2.24, 2.45) is 0 Å². The van der Waals surface area contributed by atoms with E-state index >= 15 is 0 Å². The summed E-state index contributed by atoms with van der Waals surface area (Å²) in [5.74, 6) is 0. The van der Waals surface area contributed by atoms with Crippen LogP contribution in [0.25, 0.3) is 10.2 Å². The largest absolute Gasteiger partial charge is 0.322 e. The average molecular weight is 376 g/mol. The van der Waals surface area contributed by atoms with Crippen LogP contribution in [0.15, 0.2) is 42.5 Å². The molecule has 2 aromatic carbocycles. The molecule has 0 fully saturated rings. The Labute approximate surface area is 162 Å². The summed E-state index contributed by atoms with van der Waals surface area (Å²) < 4.78 is 1.13. The van der Waals surface area contributed by atoms with Gasteiger partial charge in [-0.3, -0.25) is 0 Å². The van der Waals surface area contributed by atoms with E-state index in [4.69, 9.17) is 0 Å². The van der Waals surface area contributed by atoms with Crippen LogP contribution in [0.4, 0.5) is 10.5 Å². The minimum absolute atomic E-state index is 0.0908. The summed E-state index contributed by atoms with van der Waals surface area (Å²) in [6.45, 7) is 5.16. The first-order valence-electron chi connectivity index (χ1n) is 8.97. The molecule has 0 saturated heterocycles. The third kappa shape index (κ3) is 3.15. The van der Waals surface area contributed by atoms with Crippen LogP contribution in [0.2, 0.25) is 0 Å². The summed E-state index contributed by atoms with van der Waals surface area (Å²) in [6.07, 6.45) is 0.538. The van der Waals surface area contributed by atoms with E-state index in [0.29, 0.717) is 19.5 Å². The van der Waals surface area contributed by atoms with Crippen LogP contribution in [0.3, 0.4) is 0 Å². The van der Waals surface area contributed by atoms with Crippen molar-refractivity contribution in [3.63, 3.8) is 0 Å². The number of carbonyl (C=O) groups is 1. The van der Waals surface area contributed by atoms with Gasteiger partial charge in [0.2, 0.25) is 0 Å². The van der Waals surface area contributed by atoms with Crippen molar-refractivity contribution in [1.29, 1.82) is 5.26 Å². The summed E-state index contributed by atoms with van der Waals surface area (Å²) in [6, 6.07) is 16.4. The van der Waals surface area contributed by atoms with Crippen molar-refractivity contribution in [2.75, 3.05) is 11.9 Å². The number of anilines is 1. The van der Waals surface area contributed by atoms with Crippen LogP contribution < -0.4 is 5.32 Å². The van der Waals surface area contributed by atoms with Gasteiger partial charge in [-0.25, -0.2) is 9.78 Å². The van der Waals surface area contributed by atoms with Gasteiger partial charge >= 0.3 is 6.03 Å². The lowest BCUT2D eigenvalue weighted by molar-refractivity contribution is 0.210. The summed E-state index contributed by atoms with van der Waals surface area (Å²) in [5.41, 5.74) is 3.02. The van der Waals surface area contributed by atoms with Crippen LogP contribution in [-0.2, 0) is 18.4 Å². The van der Waals surface area contributed by atoms with E-state index in [1.807, 2.05) is 56.3 Å². The third-order valence-electron chi connectivity index (χ3n) is 5.11. The number of thiazole rings is 1. The number of hydrogen-bond donors (Lipinski definition) is 1. The number of urea groups is 1. The molecule has 1 aromatic heterocycles. The van der Waals surface area contributed by atoms with Crippen molar-refractivity contribution in [2.45, 2.75) is 32.2 Å². The van der Waals surface area contributed by atoms with E-state index in [9.17, 15) is 10.1 Å². The van der Waals surface area contributed by atoms with Gasteiger partial charge in [-0.1, -0.05) is 24.3 Å². The third-order valence-corrected chi connectivity index (χ3v) is 6.14. The molecule has 0 aliphatic carbocycles. The fourth-order valence-electron chi connectivity index (χ4n) is 3.41. The monoisotopic (exact) mass is 376 g/mol. The van der Waals surface area contributed by atoms with E-state index in [0.717, 1.165) is 32.0 Å². The predicted molar refractivity (Wildman–Crippen MR) is 108 cm³/mol. The van der Waals surface area contributed by atoms with Crippen LogP contribution >= 0.6 is 11.3 Å². The molecule has 1 N–H and O–H groups in total. The summed E-state index contributed by atoms with van der Waals surface area (Å²) in [7, 11) is 0. The molecule has 6 heteroatoms. The van der Waals surface area contributed by atoms with E-state index in [1.165, 1.54) is 0 Å². The predicted octanol–water partition coefficient (Wildman–Crippen LogP) is 4.69. The van der Waals surface area contributed by atoms with Crippen molar-refractivity contribution in [3.8, 4) is 6.07 Å². The molecule has 2 heterocycles. The lowest BCUT2D eigenvalue weighted by Crippen LogP contribution is -2.38. The van der Waals surface area contributed by atoms with Crippen molar-refractivity contribution in [1.82, 2.24) is 9.88 Å². The van der Waals surface area contributed by atoms with E-state index < -0.39 is 5.41 Å². The van der Waals surface area contributed by atoms with Gasteiger partial charge in [-0.15, -0.1) is 11.3 Å². The average Bonchev–Trinajstić information content (AvgIpc) is 3.08. The highest BCUT2D eigenvalue weighted by molar-refractivity contribution is 7.18. The van der Waals surface area contributed by atoms with Crippen LogP contribution in [0.1, 0.15) is 30.0 Å². The Bertz CT molecular complexity index is 1030. The Morgan fingerprint density at radius 3 is 2.89 bits per heavy atom. The van der Waals surface area contributed by atoms with Gasteiger partial charge in [-0.05, 0) is 43.2 Å². The molecule has 2 amide bonds. The van der Waals surface area contributed by atoms with Gasteiger partial charge in [0.15, 0.2) is 0 Å². The first kappa shape index (κ1) is 17.5. The minimum Gasteiger partial charge on any atom is -0.320 e. The van der Waals surface area contributed by atoms with Gasteiger partial charge in [0.25, 0.3) is 0 Å². The van der Waals surface area contributed by atoms with Crippen LogP contribution in [0, 0.1) is 11.3 Å². The number of nitrogens with zero attached hydrogens (tertiary/aromatic N) is 3. The fourth-order valence-corrected chi connectivity index (χ4v) is 4.53. The van der Waals surface area contributed by atoms with E-state index in [-0.39, 0.29) is 6.03 Å². The quantitative estimate of drug-likeness (QED) is 0.718. The molecule has 5 nitrogen and oxygen atoms in total. The van der Waals surface area contributed by atoms with Gasteiger partial charge in [0.05, 0.1) is 26.7 Å². The highest BCUT2D eigenvalue weighted by atomic mass is 32.1. The number of nitrogens with one attached hydrogen (secondary N) is 1. The number of fused-ring (bicyclic) bond motifs is 2. The second-order valence-electron chi connectivity index (χ2n) is 7.01. The maximum absolute atomic E-state index is 12.2. The first-order chi connectivity index (χ1) is 13.0. The van der Waals surface area contributed by atoms with E-state index in [1.54, 1.807) is 16.2 Å². The maximum Gasteiger partial charge on any atom is 0.322 e. The molecule has 1 aliphatic heterocycles. The number of carbonyl (C=O) groups excluding carboxylic acids is 1. The van der Waals surface area contributed by atoms with Gasteiger partial charge in [0.1, 0.15) is 0 Å². The molecule has 0 saturated carbocycles. The van der Waals surface area contributed by atoms with Crippen LogP contribution in [0.5, 0.6) is 0 Å². The second-order valence-corrected chi connectivity index (χ2v) is 8.13. The molecule has 1 atom stereocenters. The second kappa shape index (κ2) is 6.67. The Kier molecular flexibility index (Phi) is 4.33. The minimum atomic E-state index is -0.713. The number of para-hydroxylation sites is 1.